The average molecular weight is 303 g/mol. The predicted octanol–water partition coefficient (Wildman–Crippen LogP) is 4.09. The van der Waals surface area contributed by atoms with Crippen molar-refractivity contribution in [1.29, 1.82) is 0 Å². The maximum atomic E-state index is 8.74. The molecule has 4 aromatic rings. The number of fused-ring (bicyclic) bond motifs is 1. The molecule has 0 unspecified atom stereocenters. The normalized spacial score (nSPS) is 11.5. The first-order valence-corrected chi connectivity index (χ1v) is 7.17. The molecular formula is C18H13N3O2. The molecule has 0 aliphatic rings. The lowest BCUT2D eigenvalue weighted by atomic mass is 10.1. The maximum Gasteiger partial charge on any atom is 0.181 e. The molecule has 23 heavy (non-hydrogen) atoms. The van der Waals surface area contributed by atoms with Gasteiger partial charge in [-0.05, 0) is 12.1 Å². The minimum atomic E-state index is 0.474. The van der Waals surface area contributed by atoms with Crippen LogP contribution in [-0.2, 0) is 0 Å². The van der Waals surface area contributed by atoms with Gasteiger partial charge in [0.2, 0.25) is 0 Å². The molecule has 5 heteroatoms. The van der Waals surface area contributed by atoms with E-state index in [1.165, 1.54) is 6.21 Å². The average Bonchev–Trinajstić information content (AvgIpc) is 3.15. The van der Waals surface area contributed by atoms with E-state index in [0.717, 1.165) is 22.5 Å². The van der Waals surface area contributed by atoms with Crippen LogP contribution in [0.4, 0.5) is 0 Å². The summed E-state index contributed by atoms with van der Waals surface area (Å²) in [6.45, 7) is 0. The molecule has 112 valence electrons. The van der Waals surface area contributed by atoms with Crippen LogP contribution in [0.1, 0.15) is 5.76 Å². The highest BCUT2D eigenvalue weighted by Crippen LogP contribution is 2.31. The third-order valence-electron chi connectivity index (χ3n) is 3.61. The van der Waals surface area contributed by atoms with Crippen LogP contribution in [0.3, 0.4) is 0 Å². The summed E-state index contributed by atoms with van der Waals surface area (Å²) in [6.07, 6.45) is 1.27. The molecule has 2 aromatic heterocycles. The Labute approximate surface area is 132 Å². The van der Waals surface area contributed by atoms with Gasteiger partial charge in [-0.15, -0.1) is 0 Å². The number of para-hydroxylation sites is 1. The van der Waals surface area contributed by atoms with Gasteiger partial charge < -0.3 is 9.62 Å². The fourth-order valence-corrected chi connectivity index (χ4v) is 2.60. The lowest BCUT2D eigenvalue weighted by Crippen LogP contribution is -1.95. The Balaban J connectivity index is 2.00. The van der Waals surface area contributed by atoms with Gasteiger partial charge in [-0.3, -0.25) is 0 Å². The van der Waals surface area contributed by atoms with Gasteiger partial charge in [-0.25, -0.2) is 4.68 Å². The molecule has 0 fully saturated rings. The van der Waals surface area contributed by atoms with Crippen molar-refractivity contribution in [2.24, 2.45) is 5.16 Å². The molecule has 5 nitrogen and oxygen atoms in total. The SMILES string of the molecule is ON=Cc1cc2c(o1)c(-c1ccccc1)nn2-c1ccccc1. The standard InChI is InChI=1S/C18H13N3O2/c22-19-12-15-11-16-18(23-15)17(13-7-3-1-4-8-13)20-21(16)14-9-5-2-6-10-14/h1-12,22H. The van der Waals surface area contributed by atoms with Gasteiger partial charge in [0.25, 0.3) is 0 Å². The molecule has 0 aliphatic heterocycles. The molecule has 0 bridgehead atoms. The van der Waals surface area contributed by atoms with Gasteiger partial charge in [0.15, 0.2) is 11.3 Å². The minimum absolute atomic E-state index is 0.474. The van der Waals surface area contributed by atoms with Gasteiger partial charge in [-0.2, -0.15) is 5.10 Å². The zero-order valence-corrected chi connectivity index (χ0v) is 12.1. The van der Waals surface area contributed by atoms with E-state index < -0.39 is 0 Å². The largest absolute Gasteiger partial charge is 0.451 e. The quantitative estimate of drug-likeness (QED) is 0.352. The molecule has 2 aromatic carbocycles. The molecule has 0 saturated heterocycles. The number of rotatable bonds is 3. The number of furan rings is 1. The number of hydrogen-bond donors (Lipinski definition) is 1. The van der Waals surface area contributed by atoms with Crippen molar-refractivity contribution in [3.8, 4) is 16.9 Å². The summed E-state index contributed by atoms with van der Waals surface area (Å²) in [5.74, 6) is 0.474. The van der Waals surface area contributed by atoms with Crippen LogP contribution < -0.4 is 0 Å². The van der Waals surface area contributed by atoms with Crippen molar-refractivity contribution in [1.82, 2.24) is 9.78 Å². The first-order valence-electron chi connectivity index (χ1n) is 7.17. The summed E-state index contributed by atoms with van der Waals surface area (Å²) in [7, 11) is 0. The molecule has 0 atom stereocenters. The summed E-state index contributed by atoms with van der Waals surface area (Å²) in [5, 5.41) is 16.5. The number of oxime groups is 1. The van der Waals surface area contributed by atoms with Crippen molar-refractivity contribution in [3.63, 3.8) is 0 Å². The number of nitrogens with zero attached hydrogens (tertiary/aromatic N) is 3. The fraction of sp³-hybridized carbons (Fsp3) is 0. The van der Waals surface area contributed by atoms with E-state index in [2.05, 4.69) is 5.16 Å². The van der Waals surface area contributed by atoms with Crippen molar-refractivity contribution >= 4 is 17.3 Å². The van der Waals surface area contributed by atoms with Crippen molar-refractivity contribution in [3.05, 3.63) is 72.5 Å². The summed E-state index contributed by atoms with van der Waals surface area (Å²) in [4.78, 5) is 0. The highest BCUT2D eigenvalue weighted by atomic mass is 16.4. The van der Waals surface area contributed by atoms with Crippen molar-refractivity contribution in [2.75, 3.05) is 0 Å². The molecule has 2 heterocycles. The topological polar surface area (TPSA) is 63.6 Å². The van der Waals surface area contributed by atoms with E-state index in [1.807, 2.05) is 71.4 Å². The van der Waals surface area contributed by atoms with Gasteiger partial charge in [-0.1, -0.05) is 53.7 Å². The Kier molecular flexibility index (Phi) is 3.16. The zero-order chi connectivity index (χ0) is 15.6. The first-order chi connectivity index (χ1) is 11.4. The summed E-state index contributed by atoms with van der Waals surface area (Å²) >= 11 is 0. The van der Waals surface area contributed by atoms with Crippen LogP contribution in [0.2, 0.25) is 0 Å². The zero-order valence-electron chi connectivity index (χ0n) is 12.1. The molecule has 0 radical (unpaired) electrons. The van der Waals surface area contributed by atoms with Crippen LogP contribution in [-0.4, -0.2) is 21.2 Å². The van der Waals surface area contributed by atoms with Crippen molar-refractivity contribution in [2.45, 2.75) is 0 Å². The Morgan fingerprint density at radius 1 is 1.00 bits per heavy atom. The molecule has 4 rings (SSSR count). The van der Waals surface area contributed by atoms with E-state index in [9.17, 15) is 0 Å². The highest BCUT2D eigenvalue weighted by Gasteiger charge is 2.18. The monoisotopic (exact) mass is 303 g/mol. The van der Waals surface area contributed by atoms with E-state index in [4.69, 9.17) is 14.7 Å². The molecule has 0 aliphatic carbocycles. The lowest BCUT2D eigenvalue weighted by Gasteiger charge is -2.01. The third kappa shape index (κ3) is 2.28. The van der Waals surface area contributed by atoms with Gasteiger partial charge in [0, 0.05) is 11.6 Å². The fourth-order valence-electron chi connectivity index (χ4n) is 2.60. The molecule has 0 saturated carbocycles. The Morgan fingerprint density at radius 2 is 1.70 bits per heavy atom. The predicted molar refractivity (Wildman–Crippen MR) is 88.2 cm³/mol. The lowest BCUT2D eigenvalue weighted by molar-refractivity contribution is 0.321. The Hall–Kier alpha value is -3.34. The van der Waals surface area contributed by atoms with Crippen LogP contribution in [0.5, 0.6) is 0 Å². The van der Waals surface area contributed by atoms with Crippen LogP contribution in [0.15, 0.2) is 76.3 Å². The Morgan fingerprint density at radius 3 is 2.39 bits per heavy atom. The second kappa shape index (κ2) is 5.46. The first kappa shape index (κ1) is 13.3. The van der Waals surface area contributed by atoms with Crippen molar-refractivity contribution < 1.29 is 9.62 Å². The van der Waals surface area contributed by atoms with E-state index in [-0.39, 0.29) is 0 Å². The molecular weight excluding hydrogens is 290 g/mol. The van der Waals surface area contributed by atoms with Gasteiger partial charge >= 0.3 is 0 Å². The van der Waals surface area contributed by atoms with E-state index >= 15 is 0 Å². The second-order valence-corrected chi connectivity index (χ2v) is 5.07. The smallest absolute Gasteiger partial charge is 0.181 e. The number of hydrogen-bond acceptors (Lipinski definition) is 4. The van der Waals surface area contributed by atoms with Crippen LogP contribution >= 0.6 is 0 Å². The van der Waals surface area contributed by atoms with E-state index in [1.54, 1.807) is 0 Å². The molecule has 1 N–H and O–H groups in total. The summed E-state index contributed by atoms with van der Waals surface area (Å²) < 4.78 is 7.63. The molecule has 0 spiro atoms. The highest BCUT2D eigenvalue weighted by molar-refractivity contribution is 5.93. The summed E-state index contributed by atoms with van der Waals surface area (Å²) in [5.41, 5.74) is 4.14. The number of benzene rings is 2. The summed E-state index contributed by atoms with van der Waals surface area (Å²) in [6, 6.07) is 21.5. The maximum absolute atomic E-state index is 8.74. The second-order valence-electron chi connectivity index (χ2n) is 5.07. The van der Waals surface area contributed by atoms with E-state index in [0.29, 0.717) is 11.3 Å². The molecule has 0 amide bonds. The minimum Gasteiger partial charge on any atom is -0.451 e. The van der Waals surface area contributed by atoms with Crippen LogP contribution in [0.25, 0.3) is 28.0 Å². The number of aromatic nitrogens is 2. The third-order valence-corrected chi connectivity index (χ3v) is 3.61. The Bertz CT molecular complexity index is 898. The van der Waals surface area contributed by atoms with Crippen LogP contribution in [0, 0.1) is 0 Å². The van der Waals surface area contributed by atoms with Gasteiger partial charge in [0.1, 0.15) is 17.4 Å². The van der Waals surface area contributed by atoms with Gasteiger partial charge in [0.05, 0.1) is 5.69 Å².